The van der Waals surface area contributed by atoms with E-state index in [1.54, 1.807) is 0 Å². The number of H-pyrrole nitrogens is 1. The molecular weight excluding hydrogens is 314 g/mol. The van der Waals surface area contributed by atoms with Crippen molar-refractivity contribution < 1.29 is 9.90 Å². The second-order valence-electron chi connectivity index (χ2n) is 6.57. The molecule has 25 heavy (non-hydrogen) atoms. The Kier molecular flexibility index (Phi) is 5.89. The molecule has 0 aliphatic carbocycles. The van der Waals surface area contributed by atoms with Gasteiger partial charge < -0.3 is 15.0 Å². The van der Waals surface area contributed by atoms with Gasteiger partial charge in [0.1, 0.15) is 0 Å². The van der Waals surface area contributed by atoms with Crippen LogP contribution in [-0.4, -0.2) is 65.1 Å². The quantitative estimate of drug-likeness (QED) is 0.813. The van der Waals surface area contributed by atoms with Gasteiger partial charge in [0.25, 0.3) is 0 Å². The van der Waals surface area contributed by atoms with Crippen LogP contribution in [0.25, 0.3) is 16.5 Å². The van der Waals surface area contributed by atoms with Crippen LogP contribution < -0.4 is 0 Å². The molecule has 0 fully saturated rings. The molecule has 1 amide bonds. The summed E-state index contributed by atoms with van der Waals surface area (Å²) in [5, 5.41) is 10.4. The summed E-state index contributed by atoms with van der Waals surface area (Å²) in [6, 6.07) is 8.31. The summed E-state index contributed by atoms with van der Waals surface area (Å²) in [4.78, 5) is 19.8. The predicted octanol–water partition coefficient (Wildman–Crippen LogP) is 2.49. The van der Waals surface area contributed by atoms with Crippen molar-refractivity contribution in [3.8, 4) is 0 Å². The maximum atomic E-state index is 12.5. The number of nitrogens with zero attached hydrogens (tertiary/aromatic N) is 2. The molecule has 0 radical (unpaired) electrons. The summed E-state index contributed by atoms with van der Waals surface area (Å²) >= 11 is 0. The van der Waals surface area contributed by atoms with Crippen molar-refractivity contribution in [2.75, 3.05) is 39.3 Å². The fraction of sp³-hybridized carbons (Fsp3) is 0.450. The Morgan fingerprint density at radius 2 is 2.16 bits per heavy atom. The average molecular weight is 341 g/mol. The summed E-state index contributed by atoms with van der Waals surface area (Å²) in [7, 11) is 0. The smallest absolute Gasteiger partial charge is 0.237 e. The van der Waals surface area contributed by atoms with Crippen molar-refractivity contribution >= 4 is 22.4 Å². The number of aromatic nitrogens is 1. The van der Waals surface area contributed by atoms with Crippen LogP contribution in [0.5, 0.6) is 0 Å². The van der Waals surface area contributed by atoms with Crippen LogP contribution in [0.4, 0.5) is 0 Å². The Hall–Kier alpha value is -2.11. The molecular formula is C20H27N3O2. The van der Waals surface area contributed by atoms with E-state index in [2.05, 4.69) is 42.4 Å². The van der Waals surface area contributed by atoms with E-state index in [0.717, 1.165) is 31.4 Å². The summed E-state index contributed by atoms with van der Waals surface area (Å²) in [6.45, 7) is 5.39. The summed E-state index contributed by atoms with van der Waals surface area (Å²) in [5.41, 5.74) is 3.70. The van der Waals surface area contributed by atoms with E-state index >= 15 is 0 Å². The average Bonchev–Trinajstić information content (AvgIpc) is 3.06. The van der Waals surface area contributed by atoms with E-state index in [1.807, 2.05) is 15.9 Å². The first-order chi connectivity index (χ1) is 12.2. The topological polar surface area (TPSA) is 59.6 Å². The second-order valence-corrected chi connectivity index (χ2v) is 6.57. The lowest BCUT2D eigenvalue weighted by Crippen LogP contribution is -2.43. The minimum Gasteiger partial charge on any atom is -0.395 e. The second kappa shape index (κ2) is 8.32. The lowest BCUT2D eigenvalue weighted by atomic mass is 9.99. The molecule has 0 atom stereocenters. The molecule has 5 heteroatoms. The van der Waals surface area contributed by atoms with E-state index in [0.29, 0.717) is 19.6 Å². The zero-order chi connectivity index (χ0) is 17.6. The van der Waals surface area contributed by atoms with E-state index in [4.69, 9.17) is 5.11 Å². The van der Waals surface area contributed by atoms with Gasteiger partial charge in [0, 0.05) is 42.3 Å². The number of nitrogens with one attached hydrogen (secondary N) is 1. The van der Waals surface area contributed by atoms with Crippen LogP contribution in [0.3, 0.4) is 0 Å². The largest absolute Gasteiger partial charge is 0.395 e. The predicted molar refractivity (Wildman–Crippen MR) is 101 cm³/mol. The number of carbonyl (C=O) groups excluding carboxylic acids is 1. The summed E-state index contributed by atoms with van der Waals surface area (Å²) < 4.78 is 0. The first kappa shape index (κ1) is 17.7. The highest BCUT2D eigenvalue weighted by molar-refractivity contribution is 5.93. The first-order valence-corrected chi connectivity index (χ1v) is 9.09. The number of carbonyl (C=O) groups is 1. The van der Waals surface area contributed by atoms with Crippen LogP contribution in [-0.2, 0) is 4.79 Å². The number of fused-ring (bicyclic) bond motifs is 1. The molecule has 0 bridgehead atoms. The molecule has 0 saturated carbocycles. The molecule has 0 saturated heterocycles. The summed E-state index contributed by atoms with van der Waals surface area (Å²) in [5.74, 6) is 0.149. The highest BCUT2D eigenvalue weighted by atomic mass is 16.3. The Morgan fingerprint density at radius 1 is 1.32 bits per heavy atom. The van der Waals surface area contributed by atoms with Crippen LogP contribution >= 0.6 is 0 Å². The maximum Gasteiger partial charge on any atom is 0.237 e. The lowest BCUT2D eigenvalue weighted by molar-refractivity contribution is -0.132. The third kappa shape index (κ3) is 4.11. The normalized spacial score (nSPS) is 15.0. The third-order valence-electron chi connectivity index (χ3n) is 4.81. The number of hydrogen-bond donors (Lipinski definition) is 2. The molecule has 0 spiro atoms. The van der Waals surface area contributed by atoms with Gasteiger partial charge >= 0.3 is 0 Å². The highest BCUT2D eigenvalue weighted by Crippen LogP contribution is 2.29. The van der Waals surface area contributed by atoms with Crippen molar-refractivity contribution in [3.05, 3.63) is 42.1 Å². The minimum atomic E-state index is 0.0951. The van der Waals surface area contributed by atoms with Crippen molar-refractivity contribution in [1.29, 1.82) is 0 Å². The number of aliphatic hydroxyl groups is 1. The number of benzene rings is 1. The van der Waals surface area contributed by atoms with Gasteiger partial charge in [-0.15, -0.1) is 0 Å². The molecule has 2 N–H and O–H groups in total. The molecule has 2 heterocycles. The van der Waals surface area contributed by atoms with Crippen molar-refractivity contribution in [2.24, 2.45) is 0 Å². The Morgan fingerprint density at radius 3 is 2.88 bits per heavy atom. The Balaban J connectivity index is 1.64. The number of aliphatic hydroxyl groups excluding tert-OH is 1. The third-order valence-corrected chi connectivity index (χ3v) is 4.81. The van der Waals surface area contributed by atoms with Gasteiger partial charge in [-0.1, -0.05) is 31.2 Å². The van der Waals surface area contributed by atoms with E-state index in [1.165, 1.54) is 16.5 Å². The fourth-order valence-corrected chi connectivity index (χ4v) is 3.50. The molecule has 5 nitrogen and oxygen atoms in total. The van der Waals surface area contributed by atoms with Crippen molar-refractivity contribution in [2.45, 2.75) is 19.8 Å². The molecule has 1 aliphatic heterocycles. The molecule has 1 aliphatic rings. The minimum absolute atomic E-state index is 0.0951. The van der Waals surface area contributed by atoms with Gasteiger partial charge in [0.05, 0.1) is 13.2 Å². The SMILES string of the molecule is CCCN(CCO)CC(=O)N1CC=C(c2c[nH]c3ccccc23)CC1. The number of amides is 1. The van der Waals surface area contributed by atoms with Crippen molar-refractivity contribution in [3.63, 3.8) is 0 Å². The van der Waals surface area contributed by atoms with Gasteiger partial charge in [-0.25, -0.2) is 0 Å². The monoisotopic (exact) mass is 341 g/mol. The molecule has 2 aromatic rings. The number of hydrogen-bond acceptors (Lipinski definition) is 3. The first-order valence-electron chi connectivity index (χ1n) is 9.09. The van der Waals surface area contributed by atoms with E-state index in [9.17, 15) is 4.79 Å². The van der Waals surface area contributed by atoms with Crippen LogP contribution in [0.2, 0.25) is 0 Å². The summed E-state index contributed by atoms with van der Waals surface area (Å²) in [6.07, 6.45) is 6.10. The number of aromatic amines is 1. The zero-order valence-corrected chi connectivity index (χ0v) is 14.9. The highest BCUT2D eigenvalue weighted by Gasteiger charge is 2.20. The van der Waals surface area contributed by atoms with E-state index < -0.39 is 0 Å². The zero-order valence-electron chi connectivity index (χ0n) is 14.9. The van der Waals surface area contributed by atoms with Crippen LogP contribution in [0, 0.1) is 0 Å². The van der Waals surface area contributed by atoms with Gasteiger partial charge in [-0.2, -0.15) is 0 Å². The standard InChI is InChI=1S/C20H27N3O2/c1-2-9-22(12-13-24)15-20(25)23-10-7-16(8-11-23)18-14-21-19-6-4-3-5-17(18)19/h3-7,14,21,24H,2,8-13,15H2,1H3. The Labute approximate surface area is 148 Å². The van der Waals surface area contributed by atoms with Crippen molar-refractivity contribution in [1.82, 2.24) is 14.8 Å². The number of rotatable bonds is 7. The fourth-order valence-electron chi connectivity index (χ4n) is 3.50. The number of para-hydroxylation sites is 1. The van der Waals surface area contributed by atoms with Crippen LogP contribution in [0.15, 0.2) is 36.5 Å². The van der Waals surface area contributed by atoms with Gasteiger partial charge in [-0.05, 0) is 31.0 Å². The van der Waals surface area contributed by atoms with E-state index in [-0.39, 0.29) is 12.5 Å². The van der Waals surface area contributed by atoms with Gasteiger partial charge in [0.2, 0.25) is 5.91 Å². The molecule has 1 aromatic heterocycles. The molecule has 3 rings (SSSR count). The van der Waals surface area contributed by atoms with Crippen LogP contribution in [0.1, 0.15) is 25.3 Å². The molecule has 0 unspecified atom stereocenters. The van der Waals surface area contributed by atoms with Gasteiger partial charge in [0.15, 0.2) is 0 Å². The maximum absolute atomic E-state index is 12.5. The molecule has 1 aromatic carbocycles. The van der Waals surface area contributed by atoms with Gasteiger partial charge in [-0.3, -0.25) is 9.69 Å². The Bertz CT molecular complexity index is 744. The molecule has 134 valence electrons. The lowest BCUT2D eigenvalue weighted by Gasteiger charge is -2.29.